The fraction of sp³-hybridized carbons (Fsp3) is 0.714. The summed E-state index contributed by atoms with van der Waals surface area (Å²) in [4.78, 5) is 23.3. The van der Waals surface area contributed by atoms with Crippen molar-refractivity contribution in [1.29, 1.82) is 0 Å². The predicted molar refractivity (Wildman–Crippen MR) is 76.1 cm³/mol. The van der Waals surface area contributed by atoms with Crippen LogP contribution in [0, 0.1) is 0 Å². The smallest absolute Gasteiger partial charge is 0.358 e. The van der Waals surface area contributed by atoms with Crippen molar-refractivity contribution in [2.24, 2.45) is 0 Å². The maximum absolute atomic E-state index is 12.1. The molecule has 1 amide bonds. The minimum Gasteiger partial charge on any atom is -0.476 e. The largest absolute Gasteiger partial charge is 0.476 e. The van der Waals surface area contributed by atoms with Gasteiger partial charge in [0.2, 0.25) is 5.91 Å². The highest BCUT2D eigenvalue weighted by Gasteiger charge is 2.30. The van der Waals surface area contributed by atoms with Gasteiger partial charge in [-0.2, -0.15) is 0 Å². The number of nitrogens with zero attached hydrogens (tertiary/aromatic N) is 3. The molecule has 7 nitrogen and oxygen atoms in total. The fourth-order valence-corrected chi connectivity index (χ4v) is 2.79. The third-order valence-electron chi connectivity index (χ3n) is 3.66. The van der Waals surface area contributed by atoms with Crippen LogP contribution in [0.4, 0.5) is 0 Å². The summed E-state index contributed by atoms with van der Waals surface area (Å²) in [7, 11) is 0. The average molecular weight is 294 g/mol. The molecule has 2 N–H and O–H groups in total. The van der Waals surface area contributed by atoms with Gasteiger partial charge in [0, 0.05) is 11.5 Å². The molecule has 0 spiro atoms. The van der Waals surface area contributed by atoms with Gasteiger partial charge in [0.05, 0.1) is 5.69 Å². The number of aromatic carboxylic acids is 1. The lowest BCUT2D eigenvalue weighted by Gasteiger charge is -2.20. The van der Waals surface area contributed by atoms with Gasteiger partial charge in [0.15, 0.2) is 5.69 Å². The SMILES string of the molecule is CC(C)(C)c1c(C(=O)O)nnn1CC(=O)NC1CCCC1. The van der Waals surface area contributed by atoms with E-state index in [0.717, 1.165) is 25.7 Å². The van der Waals surface area contributed by atoms with E-state index in [4.69, 9.17) is 0 Å². The molecule has 1 saturated carbocycles. The van der Waals surface area contributed by atoms with Gasteiger partial charge in [-0.25, -0.2) is 9.48 Å². The number of carbonyl (C=O) groups is 2. The Kier molecular flexibility index (Phi) is 4.29. The van der Waals surface area contributed by atoms with Crippen LogP contribution < -0.4 is 5.32 Å². The van der Waals surface area contributed by atoms with E-state index in [1.165, 1.54) is 4.68 Å². The molecule has 1 aromatic rings. The Morgan fingerprint density at radius 3 is 2.48 bits per heavy atom. The van der Waals surface area contributed by atoms with Gasteiger partial charge < -0.3 is 10.4 Å². The number of aromatic nitrogens is 3. The number of rotatable bonds is 4. The van der Waals surface area contributed by atoms with E-state index in [1.807, 2.05) is 20.8 Å². The van der Waals surface area contributed by atoms with Crippen LogP contribution in [-0.2, 0) is 16.8 Å². The van der Waals surface area contributed by atoms with Crippen molar-refractivity contribution in [1.82, 2.24) is 20.3 Å². The average Bonchev–Trinajstić information content (AvgIpc) is 2.96. The van der Waals surface area contributed by atoms with E-state index in [9.17, 15) is 14.7 Å². The molecular formula is C14H22N4O3. The number of amides is 1. The summed E-state index contributed by atoms with van der Waals surface area (Å²) >= 11 is 0. The van der Waals surface area contributed by atoms with Gasteiger partial charge in [-0.05, 0) is 12.8 Å². The number of carboxylic acid groups (broad SMARTS) is 1. The van der Waals surface area contributed by atoms with Crippen molar-refractivity contribution in [2.45, 2.75) is 64.5 Å². The van der Waals surface area contributed by atoms with Crippen LogP contribution in [-0.4, -0.2) is 38.0 Å². The molecule has 0 bridgehead atoms. The van der Waals surface area contributed by atoms with Gasteiger partial charge in [0.1, 0.15) is 6.54 Å². The van der Waals surface area contributed by atoms with Crippen molar-refractivity contribution in [3.05, 3.63) is 11.4 Å². The monoisotopic (exact) mass is 294 g/mol. The minimum absolute atomic E-state index is 0.00336. The Morgan fingerprint density at radius 1 is 1.33 bits per heavy atom. The molecule has 0 saturated heterocycles. The first kappa shape index (κ1) is 15.5. The number of nitrogens with one attached hydrogen (secondary N) is 1. The lowest BCUT2D eigenvalue weighted by Crippen LogP contribution is -2.36. The maximum Gasteiger partial charge on any atom is 0.358 e. The molecule has 0 aromatic carbocycles. The molecule has 116 valence electrons. The van der Waals surface area contributed by atoms with Crippen molar-refractivity contribution in [2.75, 3.05) is 0 Å². The Morgan fingerprint density at radius 2 is 1.95 bits per heavy atom. The summed E-state index contributed by atoms with van der Waals surface area (Å²) in [5, 5.41) is 19.7. The van der Waals surface area contributed by atoms with E-state index in [-0.39, 0.29) is 24.2 Å². The van der Waals surface area contributed by atoms with Gasteiger partial charge in [-0.1, -0.05) is 38.8 Å². The molecule has 7 heteroatoms. The molecule has 1 aliphatic carbocycles. The second kappa shape index (κ2) is 5.83. The van der Waals surface area contributed by atoms with E-state index < -0.39 is 11.4 Å². The lowest BCUT2D eigenvalue weighted by atomic mass is 9.90. The predicted octanol–water partition coefficient (Wildman–Crippen LogP) is 1.33. The summed E-state index contributed by atoms with van der Waals surface area (Å²) in [5.41, 5.74) is -0.0713. The van der Waals surface area contributed by atoms with E-state index in [1.54, 1.807) is 0 Å². The summed E-state index contributed by atoms with van der Waals surface area (Å²) in [5.74, 6) is -1.27. The lowest BCUT2D eigenvalue weighted by molar-refractivity contribution is -0.122. The van der Waals surface area contributed by atoms with Crippen molar-refractivity contribution >= 4 is 11.9 Å². The zero-order valence-corrected chi connectivity index (χ0v) is 12.7. The van der Waals surface area contributed by atoms with Gasteiger partial charge in [-0.15, -0.1) is 5.10 Å². The van der Waals surface area contributed by atoms with Crippen molar-refractivity contribution in [3.63, 3.8) is 0 Å². The van der Waals surface area contributed by atoms with Crippen LogP contribution in [0.3, 0.4) is 0 Å². The molecule has 0 unspecified atom stereocenters. The van der Waals surface area contributed by atoms with Crippen LogP contribution >= 0.6 is 0 Å². The number of hydrogen-bond donors (Lipinski definition) is 2. The molecule has 1 aliphatic rings. The first-order valence-electron chi connectivity index (χ1n) is 7.25. The summed E-state index contributed by atoms with van der Waals surface area (Å²) in [6, 6.07) is 0.234. The molecule has 1 aromatic heterocycles. The van der Waals surface area contributed by atoms with E-state index in [2.05, 4.69) is 15.6 Å². The molecule has 21 heavy (non-hydrogen) atoms. The van der Waals surface area contributed by atoms with Gasteiger partial charge in [-0.3, -0.25) is 4.79 Å². The second-order valence-electron chi connectivity index (χ2n) is 6.55. The maximum atomic E-state index is 12.1. The van der Waals surface area contributed by atoms with E-state index in [0.29, 0.717) is 5.69 Å². The van der Waals surface area contributed by atoms with Crippen molar-refractivity contribution in [3.8, 4) is 0 Å². The quantitative estimate of drug-likeness (QED) is 0.873. The molecule has 0 atom stereocenters. The fourth-order valence-electron chi connectivity index (χ4n) is 2.79. The van der Waals surface area contributed by atoms with Crippen molar-refractivity contribution < 1.29 is 14.7 Å². The van der Waals surface area contributed by atoms with E-state index >= 15 is 0 Å². The molecule has 0 aliphatic heterocycles. The van der Waals surface area contributed by atoms with Crippen LogP contribution in [0.25, 0.3) is 0 Å². The molecule has 1 heterocycles. The normalized spacial score (nSPS) is 16.1. The third kappa shape index (κ3) is 3.59. The summed E-state index contributed by atoms with van der Waals surface area (Å²) < 4.78 is 1.40. The molecular weight excluding hydrogens is 272 g/mol. The Balaban J connectivity index is 2.15. The summed E-state index contributed by atoms with van der Waals surface area (Å²) in [6.45, 7) is 5.64. The first-order valence-corrected chi connectivity index (χ1v) is 7.25. The number of hydrogen-bond acceptors (Lipinski definition) is 4. The van der Waals surface area contributed by atoms with Gasteiger partial charge in [0.25, 0.3) is 0 Å². The van der Waals surface area contributed by atoms with Crippen LogP contribution in [0.1, 0.15) is 62.6 Å². The minimum atomic E-state index is -1.12. The highest BCUT2D eigenvalue weighted by molar-refractivity contribution is 5.87. The Bertz CT molecular complexity index is 539. The Labute approximate surface area is 123 Å². The van der Waals surface area contributed by atoms with Crippen LogP contribution in [0.5, 0.6) is 0 Å². The van der Waals surface area contributed by atoms with Crippen LogP contribution in [0.2, 0.25) is 0 Å². The first-order chi connectivity index (χ1) is 9.79. The van der Waals surface area contributed by atoms with Crippen LogP contribution in [0.15, 0.2) is 0 Å². The molecule has 1 fully saturated rings. The summed E-state index contributed by atoms with van der Waals surface area (Å²) in [6.07, 6.45) is 4.31. The standard InChI is InChI=1S/C14H22N4O3/c1-14(2,3)12-11(13(20)21)16-17-18(12)8-10(19)15-9-6-4-5-7-9/h9H,4-8H2,1-3H3,(H,15,19)(H,20,21). The number of carboxylic acids is 1. The topological polar surface area (TPSA) is 97.1 Å². The second-order valence-corrected chi connectivity index (χ2v) is 6.55. The molecule has 0 radical (unpaired) electrons. The zero-order chi connectivity index (χ0) is 15.6. The Hall–Kier alpha value is -1.92. The third-order valence-corrected chi connectivity index (χ3v) is 3.66. The van der Waals surface area contributed by atoms with Gasteiger partial charge >= 0.3 is 5.97 Å². The highest BCUT2D eigenvalue weighted by Crippen LogP contribution is 2.24. The molecule has 2 rings (SSSR count). The zero-order valence-electron chi connectivity index (χ0n) is 12.7. The highest BCUT2D eigenvalue weighted by atomic mass is 16.4. The number of carbonyl (C=O) groups excluding carboxylic acids is 1.